The molecule has 1 aromatic heterocycles. The summed E-state index contributed by atoms with van der Waals surface area (Å²) < 4.78 is 40.9. The highest BCUT2D eigenvalue weighted by atomic mass is 32.2. The molecule has 0 bridgehead atoms. The van der Waals surface area contributed by atoms with Crippen molar-refractivity contribution in [1.29, 1.82) is 0 Å². The third-order valence-corrected chi connectivity index (χ3v) is 9.51. The van der Waals surface area contributed by atoms with Crippen LogP contribution in [-0.4, -0.2) is 65.7 Å². The van der Waals surface area contributed by atoms with E-state index in [9.17, 15) is 32.6 Å². The lowest BCUT2D eigenvalue weighted by Gasteiger charge is -2.25. The average molecular weight is 700 g/mol. The highest BCUT2D eigenvalue weighted by Crippen LogP contribution is 2.24. The van der Waals surface area contributed by atoms with E-state index >= 15 is 0 Å². The number of hydrogen-bond donors (Lipinski definition) is 4. The maximum absolute atomic E-state index is 13.9. The minimum atomic E-state index is -3.77. The van der Waals surface area contributed by atoms with Crippen LogP contribution in [0.15, 0.2) is 109 Å². The van der Waals surface area contributed by atoms with E-state index in [-0.39, 0.29) is 35.5 Å². The topological polar surface area (TPSA) is 154 Å². The van der Waals surface area contributed by atoms with E-state index in [4.69, 9.17) is 0 Å². The van der Waals surface area contributed by atoms with Gasteiger partial charge in [-0.3, -0.25) is 18.6 Å². The molecule has 2 amide bonds. The fraction of sp³-hybridized carbons (Fsp3) is 0.216. The number of nitrogens with zero attached hydrogens (tertiary/aromatic N) is 3. The highest BCUT2D eigenvalue weighted by Gasteiger charge is 2.26. The van der Waals surface area contributed by atoms with Crippen molar-refractivity contribution >= 4 is 27.5 Å². The number of amides is 2. The number of aromatic nitrogens is 2. The molecule has 1 heterocycles. The Kier molecular flexibility index (Phi) is 11.0. The first-order chi connectivity index (χ1) is 23.8. The van der Waals surface area contributed by atoms with Gasteiger partial charge in [-0.05, 0) is 72.5 Å². The van der Waals surface area contributed by atoms with Gasteiger partial charge in [0.05, 0.1) is 42.9 Å². The molecule has 4 N–H and O–H groups in total. The maximum atomic E-state index is 13.9. The van der Waals surface area contributed by atoms with Crippen LogP contribution in [0.3, 0.4) is 0 Å². The number of sulfonamides is 1. The van der Waals surface area contributed by atoms with E-state index in [1.165, 1.54) is 37.4 Å². The molecule has 0 unspecified atom stereocenters. The van der Waals surface area contributed by atoms with Gasteiger partial charge in [-0.25, -0.2) is 12.8 Å². The van der Waals surface area contributed by atoms with Gasteiger partial charge in [-0.15, -0.1) is 0 Å². The van der Waals surface area contributed by atoms with Gasteiger partial charge in [0.1, 0.15) is 11.6 Å². The first-order valence-corrected chi connectivity index (χ1v) is 17.6. The predicted molar refractivity (Wildman–Crippen MR) is 189 cm³/mol. The molecule has 0 aliphatic rings. The Morgan fingerprint density at radius 3 is 2.14 bits per heavy atom. The summed E-state index contributed by atoms with van der Waals surface area (Å²) in [5.41, 5.74) is 3.19. The van der Waals surface area contributed by atoms with Gasteiger partial charge in [0.15, 0.2) is 0 Å². The Balaban J connectivity index is 1.41. The van der Waals surface area contributed by atoms with Crippen molar-refractivity contribution in [3.63, 3.8) is 0 Å². The zero-order valence-corrected chi connectivity index (χ0v) is 28.5. The number of aromatic hydroxyl groups is 1. The molecular weight excluding hydrogens is 662 g/mol. The summed E-state index contributed by atoms with van der Waals surface area (Å²) in [6.07, 6.45) is 3.53. The van der Waals surface area contributed by atoms with Crippen LogP contribution in [0.4, 0.5) is 10.1 Å². The molecule has 5 rings (SSSR count). The molecule has 0 saturated carbocycles. The van der Waals surface area contributed by atoms with E-state index in [1.807, 2.05) is 30.3 Å². The van der Waals surface area contributed by atoms with E-state index in [1.54, 1.807) is 60.4 Å². The van der Waals surface area contributed by atoms with Crippen molar-refractivity contribution in [1.82, 2.24) is 20.4 Å². The van der Waals surface area contributed by atoms with Crippen molar-refractivity contribution in [2.24, 2.45) is 0 Å². The van der Waals surface area contributed by atoms with Gasteiger partial charge in [0.2, 0.25) is 10.0 Å². The molecule has 0 aliphatic heterocycles. The van der Waals surface area contributed by atoms with Crippen LogP contribution in [0.2, 0.25) is 0 Å². The second-order valence-electron chi connectivity index (χ2n) is 12.1. The van der Waals surface area contributed by atoms with Crippen molar-refractivity contribution < 1.29 is 32.6 Å². The predicted octanol–water partition coefficient (Wildman–Crippen LogP) is 4.68. The molecule has 0 radical (unpaired) electrons. The second-order valence-corrected chi connectivity index (χ2v) is 14.1. The number of nitrogens with one attached hydrogen (secondary N) is 2. The van der Waals surface area contributed by atoms with Crippen LogP contribution in [-0.2, 0) is 23.0 Å². The smallest absolute Gasteiger partial charge is 0.251 e. The number of aliphatic hydroxyl groups is 1. The number of rotatable bonds is 13. The van der Waals surface area contributed by atoms with Crippen molar-refractivity contribution in [2.45, 2.75) is 38.1 Å². The zero-order valence-electron chi connectivity index (χ0n) is 27.7. The summed E-state index contributed by atoms with van der Waals surface area (Å²) in [4.78, 5) is 27.3. The quantitative estimate of drug-likeness (QED) is 0.139. The van der Waals surface area contributed by atoms with E-state index in [2.05, 4.69) is 15.7 Å². The average Bonchev–Trinajstić information content (AvgIpc) is 3.56. The second kappa shape index (κ2) is 15.3. The van der Waals surface area contributed by atoms with Gasteiger partial charge < -0.3 is 20.8 Å². The molecule has 5 aromatic rings. The number of phenols is 1. The van der Waals surface area contributed by atoms with Crippen molar-refractivity contribution in [3.05, 3.63) is 138 Å². The Bertz CT molecular complexity index is 2050. The van der Waals surface area contributed by atoms with Gasteiger partial charge in [0.25, 0.3) is 11.8 Å². The minimum absolute atomic E-state index is 0.00319. The van der Waals surface area contributed by atoms with E-state index in [0.717, 1.165) is 27.3 Å². The van der Waals surface area contributed by atoms with E-state index in [0.29, 0.717) is 5.56 Å². The SMILES string of the molecule is C[C@@H](NC(=O)c1cc(C(=O)N[C@@H](Cc2ccccc2)[C@@H](O)Cn2cc(-c3ccc(O)cc3)cn2)cc(N(C)S(C)(=O)=O)c1)c1ccc(F)cc1. The van der Waals surface area contributed by atoms with E-state index < -0.39 is 45.8 Å². The van der Waals surface area contributed by atoms with Gasteiger partial charge in [-0.1, -0.05) is 54.6 Å². The number of anilines is 1. The molecule has 260 valence electrons. The van der Waals surface area contributed by atoms with Crippen LogP contribution in [0.5, 0.6) is 5.75 Å². The molecule has 11 nitrogen and oxygen atoms in total. The first-order valence-electron chi connectivity index (χ1n) is 15.8. The maximum Gasteiger partial charge on any atom is 0.251 e. The number of benzene rings is 4. The Morgan fingerprint density at radius 2 is 1.52 bits per heavy atom. The third kappa shape index (κ3) is 9.12. The summed E-state index contributed by atoms with van der Waals surface area (Å²) in [6, 6.07) is 24.3. The standard InChI is InChI=1S/C37H38FN5O6S/c1-24(26-9-13-31(38)14-10-26)40-36(46)28-18-29(20-32(19-28)42(2)50(3,48)49)37(47)41-34(17-25-7-5-4-6-8-25)35(45)23-43-22-30(21-39-43)27-11-15-33(44)16-12-27/h4-16,18-22,24,34-35,44-45H,17,23H2,1-3H3,(H,40,46)(H,41,47)/t24-,34+,35+/m1/s1. The van der Waals surface area contributed by atoms with Gasteiger partial charge in [-0.2, -0.15) is 5.10 Å². The van der Waals surface area contributed by atoms with Crippen LogP contribution in [0.1, 0.15) is 44.8 Å². The minimum Gasteiger partial charge on any atom is -0.508 e. The molecule has 0 fully saturated rings. The normalized spacial score (nSPS) is 13.2. The molecule has 13 heteroatoms. The van der Waals surface area contributed by atoms with Crippen LogP contribution in [0.25, 0.3) is 11.1 Å². The fourth-order valence-corrected chi connectivity index (χ4v) is 5.84. The van der Waals surface area contributed by atoms with Crippen LogP contribution >= 0.6 is 0 Å². The van der Waals surface area contributed by atoms with Gasteiger partial charge in [0, 0.05) is 29.9 Å². The monoisotopic (exact) mass is 699 g/mol. The summed E-state index contributed by atoms with van der Waals surface area (Å²) in [7, 11) is -2.46. The molecule has 0 aliphatic carbocycles. The first kappa shape index (κ1) is 35.8. The third-order valence-electron chi connectivity index (χ3n) is 8.31. The van der Waals surface area contributed by atoms with Crippen molar-refractivity contribution in [3.8, 4) is 16.9 Å². The Labute approximate surface area is 290 Å². The molecular formula is C37H38FN5O6S. The molecule has 0 saturated heterocycles. The summed E-state index contributed by atoms with van der Waals surface area (Å²) in [6.45, 7) is 1.75. The number of carbonyl (C=O) groups is 2. The van der Waals surface area contributed by atoms with Crippen LogP contribution < -0.4 is 14.9 Å². The van der Waals surface area contributed by atoms with Crippen molar-refractivity contribution in [2.75, 3.05) is 17.6 Å². The molecule has 50 heavy (non-hydrogen) atoms. The van der Waals surface area contributed by atoms with Gasteiger partial charge >= 0.3 is 0 Å². The number of halogens is 1. The lowest BCUT2D eigenvalue weighted by atomic mass is 10.00. The summed E-state index contributed by atoms with van der Waals surface area (Å²) in [5.74, 6) is -1.50. The zero-order chi connectivity index (χ0) is 36.0. The number of aliphatic hydroxyl groups excluding tert-OH is 1. The lowest BCUT2D eigenvalue weighted by molar-refractivity contribution is 0.0780. The Hall–Kier alpha value is -5.53. The number of hydrogen-bond acceptors (Lipinski definition) is 7. The number of carbonyl (C=O) groups excluding carboxylic acids is 2. The largest absolute Gasteiger partial charge is 0.508 e. The summed E-state index contributed by atoms with van der Waals surface area (Å²) >= 11 is 0. The molecule has 3 atom stereocenters. The fourth-order valence-electron chi connectivity index (χ4n) is 5.35. The van der Waals surface area contributed by atoms with Crippen LogP contribution in [0, 0.1) is 5.82 Å². The highest BCUT2D eigenvalue weighted by molar-refractivity contribution is 7.92. The molecule has 4 aromatic carbocycles. The lowest BCUT2D eigenvalue weighted by Crippen LogP contribution is -2.46. The Morgan fingerprint density at radius 1 is 0.900 bits per heavy atom. The summed E-state index contributed by atoms with van der Waals surface area (Å²) in [5, 5.41) is 31.2. The number of phenolic OH excluding ortho intramolecular Hbond substituents is 1. The molecule has 0 spiro atoms.